The molecule has 0 aromatic rings. The quantitative estimate of drug-likeness (QED) is 0.446. The van der Waals surface area contributed by atoms with E-state index in [2.05, 4.69) is 0 Å². The van der Waals surface area contributed by atoms with E-state index < -0.39 is 5.97 Å². The molecule has 3 nitrogen and oxygen atoms in total. The molecule has 1 atom stereocenters. The van der Waals surface area contributed by atoms with Gasteiger partial charge in [-0.05, 0) is 6.16 Å². The number of halogens is 1. The Hall–Kier alpha value is 0.590. The Kier molecular flexibility index (Phi) is 11.7. The van der Waals surface area contributed by atoms with E-state index in [1.165, 1.54) is 0 Å². The van der Waals surface area contributed by atoms with Crippen LogP contribution < -0.4 is 0 Å². The van der Waals surface area contributed by atoms with Gasteiger partial charge in [-0.15, -0.1) is 24.0 Å². The minimum atomic E-state index is -0.786. The minimum Gasteiger partial charge on any atom is -0.481 e. The van der Waals surface area contributed by atoms with Crippen LogP contribution in [0.1, 0.15) is 6.42 Å². The molecule has 5 heteroatoms. The molecule has 0 aliphatic heterocycles. The van der Waals surface area contributed by atoms with Gasteiger partial charge in [-0.1, -0.05) is 8.58 Å². The fourth-order valence-electron chi connectivity index (χ4n) is 0.274. The van der Waals surface area contributed by atoms with Crippen molar-refractivity contribution in [3.05, 3.63) is 0 Å². The third kappa shape index (κ3) is 11.9. The summed E-state index contributed by atoms with van der Waals surface area (Å²) in [5.74, 6) is -0.786. The molecule has 0 saturated heterocycles. The maximum Gasteiger partial charge on any atom is 0.303 e. The highest BCUT2D eigenvalue weighted by Gasteiger charge is 1.93. The lowest BCUT2D eigenvalue weighted by molar-refractivity contribution is -0.136. The SMILES string of the molecule is I.O=C(O)CCPCO. The summed E-state index contributed by atoms with van der Waals surface area (Å²) in [4.78, 5) is 9.80. The number of rotatable bonds is 4. The highest BCUT2D eigenvalue weighted by Crippen LogP contribution is 2.07. The highest BCUT2D eigenvalue weighted by molar-refractivity contribution is 14.0. The molecule has 0 aromatic heterocycles. The first-order valence-corrected chi connectivity index (χ1v) is 3.72. The predicted octanol–water partition coefficient (Wildman–Crippen LogP) is 0.707. The zero-order valence-electron chi connectivity index (χ0n) is 4.83. The Morgan fingerprint density at radius 2 is 2.11 bits per heavy atom. The molecular formula is C4H10IO3P. The van der Waals surface area contributed by atoms with E-state index in [1.54, 1.807) is 0 Å². The fraction of sp³-hybridized carbons (Fsp3) is 0.750. The number of carboxylic acids is 1. The number of hydrogen-bond donors (Lipinski definition) is 2. The van der Waals surface area contributed by atoms with Crippen LogP contribution in [-0.2, 0) is 4.79 Å². The maximum atomic E-state index is 9.80. The van der Waals surface area contributed by atoms with Gasteiger partial charge >= 0.3 is 5.97 Å². The molecule has 0 spiro atoms. The average molecular weight is 264 g/mol. The van der Waals surface area contributed by atoms with Gasteiger partial charge < -0.3 is 10.2 Å². The van der Waals surface area contributed by atoms with E-state index >= 15 is 0 Å². The summed E-state index contributed by atoms with van der Waals surface area (Å²) >= 11 is 0. The molecule has 0 aliphatic carbocycles. The Morgan fingerprint density at radius 3 is 2.44 bits per heavy atom. The lowest BCUT2D eigenvalue weighted by atomic mass is 10.5. The van der Waals surface area contributed by atoms with Crippen molar-refractivity contribution in [2.45, 2.75) is 6.42 Å². The fourth-order valence-corrected chi connectivity index (χ4v) is 0.823. The topological polar surface area (TPSA) is 57.5 Å². The zero-order valence-corrected chi connectivity index (χ0v) is 8.16. The van der Waals surface area contributed by atoms with Crippen LogP contribution in [0.5, 0.6) is 0 Å². The van der Waals surface area contributed by atoms with Crippen molar-refractivity contribution in [3.63, 3.8) is 0 Å². The Morgan fingerprint density at radius 1 is 1.56 bits per heavy atom. The van der Waals surface area contributed by atoms with Crippen LogP contribution in [0.25, 0.3) is 0 Å². The van der Waals surface area contributed by atoms with Gasteiger partial charge in [0.25, 0.3) is 0 Å². The van der Waals surface area contributed by atoms with Crippen LogP contribution in [0, 0.1) is 0 Å². The van der Waals surface area contributed by atoms with Crippen molar-refractivity contribution in [2.24, 2.45) is 0 Å². The molecule has 0 bridgehead atoms. The third-order valence-corrected chi connectivity index (χ3v) is 1.45. The van der Waals surface area contributed by atoms with Gasteiger partial charge in [-0.3, -0.25) is 4.79 Å². The van der Waals surface area contributed by atoms with E-state index in [4.69, 9.17) is 10.2 Å². The van der Waals surface area contributed by atoms with Crippen molar-refractivity contribution in [1.82, 2.24) is 0 Å². The average Bonchev–Trinajstić information content (AvgIpc) is 1.66. The summed E-state index contributed by atoms with van der Waals surface area (Å²) < 4.78 is 0. The number of carboxylic acid groups (broad SMARTS) is 1. The monoisotopic (exact) mass is 264 g/mol. The van der Waals surface area contributed by atoms with Crippen LogP contribution in [0.15, 0.2) is 0 Å². The first kappa shape index (κ1) is 12.3. The third-order valence-electron chi connectivity index (χ3n) is 0.627. The molecule has 0 radical (unpaired) electrons. The Balaban J connectivity index is 0. The molecule has 0 saturated carbocycles. The predicted molar refractivity (Wildman–Crippen MR) is 47.9 cm³/mol. The molecule has 2 N–H and O–H groups in total. The Labute approximate surface area is 72.6 Å². The molecule has 0 fully saturated rings. The standard InChI is InChI=1S/C4H9O3P.HI/c5-3-8-2-1-4(6)7;/h5,8H,1-3H2,(H,6,7);1H. The molecule has 0 aliphatic rings. The lowest BCUT2D eigenvalue weighted by Gasteiger charge is -1.90. The van der Waals surface area contributed by atoms with Crippen molar-refractivity contribution in [1.29, 1.82) is 0 Å². The first-order chi connectivity index (χ1) is 3.77. The van der Waals surface area contributed by atoms with Gasteiger partial charge in [0.15, 0.2) is 0 Å². The van der Waals surface area contributed by atoms with Gasteiger partial charge in [0.1, 0.15) is 0 Å². The first-order valence-electron chi connectivity index (χ1n) is 2.30. The highest BCUT2D eigenvalue weighted by atomic mass is 127. The number of aliphatic carboxylic acids is 1. The van der Waals surface area contributed by atoms with Gasteiger partial charge in [-0.25, -0.2) is 0 Å². The van der Waals surface area contributed by atoms with Crippen LogP contribution in [0.4, 0.5) is 0 Å². The van der Waals surface area contributed by atoms with E-state index in [0.29, 0.717) is 14.7 Å². The van der Waals surface area contributed by atoms with Crippen molar-refractivity contribution in [2.75, 3.05) is 12.5 Å². The lowest BCUT2D eigenvalue weighted by Crippen LogP contribution is -1.95. The van der Waals surface area contributed by atoms with Gasteiger partial charge in [-0.2, -0.15) is 0 Å². The summed E-state index contributed by atoms with van der Waals surface area (Å²) in [6.45, 7) is 0. The molecule has 0 rings (SSSR count). The van der Waals surface area contributed by atoms with Gasteiger partial charge in [0.05, 0.1) is 6.35 Å². The van der Waals surface area contributed by atoms with Gasteiger partial charge in [0, 0.05) is 6.42 Å². The molecule has 0 aromatic carbocycles. The molecule has 9 heavy (non-hydrogen) atoms. The number of carbonyl (C=O) groups is 1. The number of hydrogen-bond acceptors (Lipinski definition) is 2. The summed E-state index contributed by atoms with van der Waals surface area (Å²) in [5.41, 5.74) is 0. The second-order valence-electron chi connectivity index (χ2n) is 1.30. The maximum absolute atomic E-state index is 9.80. The minimum absolute atomic E-state index is 0. The summed E-state index contributed by atoms with van der Waals surface area (Å²) in [7, 11) is 0.382. The Bertz CT molecular complexity index is 78.2. The molecular weight excluding hydrogens is 254 g/mol. The normalized spacial score (nSPS) is 9.44. The van der Waals surface area contributed by atoms with E-state index in [-0.39, 0.29) is 36.7 Å². The van der Waals surface area contributed by atoms with E-state index in [9.17, 15) is 4.79 Å². The van der Waals surface area contributed by atoms with Crippen molar-refractivity contribution < 1.29 is 15.0 Å². The van der Waals surface area contributed by atoms with Crippen molar-refractivity contribution >= 4 is 38.5 Å². The summed E-state index contributed by atoms with van der Waals surface area (Å²) in [5, 5.41) is 16.3. The summed E-state index contributed by atoms with van der Waals surface area (Å²) in [6, 6.07) is 0. The van der Waals surface area contributed by atoms with Crippen LogP contribution in [-0.4, -0.2) is 28.7 Å². The molecule has 1 unspecified atom stereocenters. The number of aliphatic hydroxyl groups excluding tert-OH is 1. The van der Waals surface area contributed by atoms with Gasteiger partial charge in [0.2, 0.25) is 0 Å². The second kappa shape index (κ2) is 8.59. The van der Waals surface area contributed by atoms with E-state index in [1.807, 2.05) is 0 Å². The van der Waals surface area contributed by atoms with Crippen LogP contribution in [0.2, 0.25) is 0 Å². The summed E-state index contributed by atoms with van der Waals surface area (Å²) in [6.07, 6.45) is 0.901. The van der Waals surface area contributed by atoms with Crippen LogP contribution >= 0.6 is 32.6 Å². The second-order valence-corrected chi connectivity index (χ2v) is 2.62. The zero-order chi connectivity index (χ0) is 6.41. The number of aliphatic hydroxyl groups is 1. The van der Waals surface area contributed by atoms with Crippen molar-refractivity contribution in [3.8, 4) is 0 Å². The largest absolute Gasteiger partial charge is 0.481 e. The van der Waals surface area contributed by atoms with E-state index in [0.717, 1.165) is 0 Å². The molecule has 0 heterocycles. The smallest absolute Gasteiger partial charge is 0.303 e. The molecule has 56 valence electrons. The van der Waals surface area contributed by atoms with Crippen LogP contribution in [0.3, 0.4) is 0 Å². The molecule has 0 amide bonds.